The second kappa shape index (κ2) is 5.70. The Labute approximate surface area is 127 Å². The van der Waals surface area contributed by atoms with Gasteiger partial charge in [-0.25, -0.2) is 0 Å². The minimum Gasteiger partial charge on any atom is -0.508 e. The number of aryl methyl sites for hydroxylation is 2. The van der Waals surface area contributed by atoms with Crippen molar-refractivity contribution >= 4 is 11.6 Å². The Kier molecular flexibility index (Phi) is 3.95. The summed E-state index contributed by atoms with van der Waals surface area (Å²) in [5, 5.41) is 48.6. The molecular formula is C17H15NO4. The van der Waals surface area contributed by atoms with Crippen molar-refractivity contribution in [3.8, 4) is 29.1 Å². The zero-order valence-corrected chi connectivity index (χ0v) is 12.1. The van der Waals surface area contributed by atoms with E-state index in [0.717, 1.165) is 0 Å². The third-order valence-electron chi connectivity index (χ3n) is 3.37. The van der Waals surface area contributed by atoms with Gasteiger partial charge >= 0.3 is 0 Å². The molecule has 5 nitrogen and oxygen atoms in total. The summed E-state index contributed by atoms with van der Waals surface area (Å²) in [5.74, 6) is -0.319. The topological polar surface area (TPSA) is 105 Å². The van der Waals surface area contributed by atoms with Gasteiger partial charge in [-0.3, -0.25) is 0 Å². The van der Waals surface area contributed by atoms with Gasteiger partial charge < -0.3 is 20.4 Å². The first-order valence-electron chi connectivity index (χ1n) is 6.50. The molecule has 0 amide bonds. The molecule has 0 spiro atoms. The monoisotopic (exact) mass is 297 g/mol. The predicted octanol–water partition coefficient (Wildman–Crippen LogP) is 3.19. The van der Waals surface area contributed by atoms with Crippen molar-refractivity contribution in [1.82, 2.24) is 0 Å². The van der Waals surface area contributed by atoms with Crippen molar-refractivity contribution in [2.45, 2.75) is 13.8 Å². The molecule has 0 aliphatic heterocycles. The van der Waals surface area contributed by atoms with Crippen molar-refractivity contribution in [3.63, 3.8) is 0 Å². The number of benzene rings is 2. The van der Waals surface area contributed by atoms with E-state index < -0.39 is 0 Å². The van der Waals surface area contributed by atoms with Crippen LogP contribution in [0, 0.1) is 25.2 Å². The van der Waals surface area contributed by atoms with E-state index in [1.54, 1.807) is 13.8 Å². The number of phenols is 4. The molecule has 0 saturated carbocycles. The molecule has 0 aliphatic carbocycles. The molecule has 2 rings (SSSR count). The predicted molar refractivity (Wildman–Crippen MR) is 82.5 cm³/mol. The summed E-state index contributed by atoms with van der Waals surface area (Å²) in [6, 6.07) is 7.25. The molecule has 0 fully saturated rings. The lowest BCUT2D eigenvalue weighted by molar-refractivity contribution is 0.455. The van der Waals surface area contributed by atoms with Crippen LogP contribution in [-0.2, 0) is 0 Å². The van der Waals surface area contributed by atoms with Gasteiger partial charge in [-0.05, 0) is 55.3 Å². The van der Waals surface area contributed by atoms with E-state index in [4.69, 9.17) is 0 Å². The van der Waals surface area contributed by atoms with Crippen LogP contribution in [0.15, 0.2) is 24.3 Å². The molecule has 2 aromatic rings. The summed E-state index contributed by atoms with van der Waals surface area (Å²) in [6.45, 7) is 3.26. The van der Waals surface area contributed by atoms with Crippen molar-refractivity contribution < 1.29 is 20.4 Å². The van der Waals surface area contributed by atoms with Crippen LogP contribution in [0.4, 0.5) is 0 Å². The van der Waals surface area contributed by atoms with E-state index in [9.17, 15) is 25.7 Å². The highest BCUT2D eigenvalue weighted by Gasteiger charge is 2.12. The van der Waals surface area contributed by atoms with Crippen LogP contribution in [-0.4, -0.2) is 20.4 Å². The van der Waals surface area contributed by atoms with Gasteiger partial charge in [0.25, 0.3) is 0 Å². The highest BCUT2D eigenvalue weighted by atomic mass is 16.3. The van der Waals surface area contributed by atoms with Crippen molar-refractivity contribution in [1.29, 1.82) is 5.26 Å². The molecule has 4 N–H and O–H groups in total. The van der Waals surface area contributed by atoms with E-state index in [1.165, 1.54) is 30.3 Å². The number of aromatic hydroxyl groups is 4. The van der Waals surface area contributed by atoms with Gasteiger partial charge in [-0.15, -0.1) is 0 Å². The molecule has 0 aliphatic rings. The quantitative estimate of drug-likeness (QED) is 0.387. The Balaban J connectivity index is 2.61. The van der Waals surface area contributed by atoms with Crippen LogP contribution in [0.2, 0.25) is 0 Å². The van der Waals surface area contributed by atoms with Gasteiger partial charge in [0.15, 0.2) is 0 Å². The van der Waals surface area contributed by atoms with E-state index in [2.05, 4.69) is 0 Å². The first kappa shape index (κ1) is 15.3. The van der Waals surface area contributed by atoms with Gasteiger partial charge in [0.05, 0.1) is 11.6 Å². The average Bonchev–Trinajstić information content (AvgIpc) is 2.46. The summed E-state index contributed by atoms with van der Waals surface area (Å²) in [4.78, 5) is 0. The summed E-state index contributed by atoms with van der Waals surface area (Å²) in [7, 11) is 0. The smallest absolute Gasteiger partial charge is 0.124 e. The maximum Gasteiger partial charge on any atom is 0.124 e. The van der Waals surface area contributed by atoms with Gasteiger partial charge in [0.2, 0.25) is 0 Å². The summed E-state index contributed by atoms with van der Waals surface area (Å²) in [6.07, 6.45) is 1.33. The Morgan fingerprint density at radius 2 is 1.41 bits per heavy atom. The minimum absolute atomic E-state index is 0.0164. The van der Waals surface area contributed by atoms with Crippen LogP contribution in [0.5, 0.6) is 23.0 Å². The summed E-state index contributed by atoms with van der Waals surface area (Å²) in [5.41, 5.74) is 1.41. The molecular weight excluding hydrogens is 282 g/mol. The third-order valence-corrected chi connectivity index (χ3v) is 3.37. The first-order valence-corrected chi connectivity index (χ1v) is 6.50. The maximum atomic E-state index is 9.95. The van der Waals surface area contributed by atoms with Gasteiger partial charge in [0, 0.05) is 11.1 Å². The van der Waals surface area contributed by atoms with E-state index >= 15 is 0 Å². The molecule has 0 aromatic heterocycles. The fourth-order valence-corrected chi connectivity index (χ4v) is 2.04. The van der Waals surface area contributed by atoms with Crippen LogP contribution in [0.1, 0.15) is 22.3 Å². The summed E-state index contributed by atoms with van der Waals surface area (Å²) < 4.78 is 0. The molecule has 0 bridgehead atoms. The molecule has 0 heterocycles. The fraction of sp³-hybridized carbons (Fsp3) is 0.118. The number of nitriles is 1. The van der Waals surface area contributed by atoms with Crippen LogP contribution < -0.4 is 0 Å². The standard InChI is InChI=1S/C17H15NO4/c1-9-3-16(21)11(6-14(9)19)5-12(8-18)13-7-15(20)10(2)4-17(13)22/h3-7,19-22H,1-2H3/b12-5+. The number of phenolic OH excluding ortho intramolecular Hbond substituents is 4. The van der Waals surface area contributed by atoms with Crippen molar-refractivity contribution in [2.24, 2.45) is 0 Å². The second-order valence-corrected chi connectivity index (χ2v) is 5.02. The maximum absolute atomic E-state index is 9.95. The molecule has 0 atom stereocenters. The number of allylic oxidation sites excluding steroid dienone is 1. The Morgan fingerprint density at radius 3 is 2.00 bits per heavy atom. The van der Waals surface area contributed by atoms with Crippen LogP contribution in [0.3, 0.4) is 0 Å². The SMILES string of the molecule is Cc1cc(O)c(/C=C(\C#N)c2cc(O)c(C)cc2O)cc1O. The van der Waals surface area contributed by atoms with E-state index in [0.29, 0.717) is 11.1 Å². The van der Waals surface area contributed by atoms with Crippen LogP contribution >= 0.6 is 0 Å². The second-order valence-electron chi connectivity index (χ2n) is 5.02. The third kappa shape index (κ3) is 2.81. The van der Waals surface area contributed by atoms with Gasteiger partial charge in [-0.1, -0.05) is 0 Å². The molecule has 0 radical (unpaired) electrons. The van der Waals surface area contributed by atoms with Gasteiger partial charge in [0.1, 0.15) is 23.0 Å². The Morgan fingerprint density at radius 1 is 0.864 bits per heavy atom. The molecule has 2 aromatic carbocycles. The number of hydrogen-bond acceptors (Lipinski definition) is 5. The fourth-order valence-electron chi connectivity index (χ4n) is 2.04. The lowest BCUT2D eigenvalue weighted by Crippen LogP contribution is -1.87. The highest BCUT2D eigenvalue weighted by Crippen LogP contribution is 2.34. The molecule has 112 valence electrons. The molecule has 0 saturated heterocycles. The molecule has 0 unspecified atom stereocenters. The normalized spacial score (nSPS) is 11.2. The lowest BCUT2D eigenvalue weighted by Gasteiger charge is -2.08. The van der Waals surface area contributed by atoms with Crippen molar-refractivity contribution in [3.05, 3.63) is 46.5 Å². The van der Waals surface area contributed by atoms with Gasteiger partial charge in [-0.2, -0.15) is 5.26 Å². The summed E-state index contributed by atoms with van der Waals surface area (Å²) >= 11 is 0. The number of rotatable bonds is 2. The van der Waals surface area contributed by atoms with Crippen LogP contribution in [0.25, 0.3) is 11.6 Å². The number of nitrogens with zero attached hydrogens (tertiary/aromatic N) is 1. The first-order chi connectivity index (χ1) is 10.3. The van der Waals surface area contributed by atoms with Crippen molar-refractivity contribution in [2.75, 3.05) is 0 Å². The largest absolute Gasteiger partial charge is 0.508 e. The highest BCUT2D eigenvalue weighted by molar-refractivity contribution is 5.93. The lowest BCUT2D eigenvalue weighted by atomic mass is 9.99. The van der Waals surface area contributed by atoms with E-state index in [-0.39, 0.29) is 39.7 Å². The number of hydrogen-bond donors (Lipinski definition) is 4. The minimum atomic E-state index is -0.154. The zero-order chi connectivity index (χ0) is 16.4. The van der Waals surface area contributed by atoms with E-state index in [1.807, 2.05) is 6.07 Å². The molecule has 5 heteroatoms. The Hall–Kier alpha value is -3.13. The average molecular weight is 297 g/mol. The Bertz CT molecular complexity index is 816. The zero-order valence-electron chi connectivity index (χ0n) is 12.1. The molecule has 22 heavy (non-hydrogen) atoms.